The van der Waals surface area contributed by atoms with Crippen LogP contribution in [0.4, 0.5) is 0 Å². The molecule has 1 aliphatic rings. The Bertz CT molecular complexity index is 1050. The molecule has 0 saturated carbocycles. The first kappa shape index (κ1) is 20.9. The number of fused-ring (bicyclic) bond motifs is 1. The molecule has 0 spiro atoms. The third kappa shape index (κ3) is 4.12. The summed E-state index contributed by atoms with van der Waals surface area (Å²) in [7, 11) is -2.16. The third-order valence-corrected chi connectivity index (χ3v) is 7.05. The Balaban J connectivity index is 1.78. The molecule has 2 heterocycles. The van der Waals surface area contributed by atoms with Gasteiger partial charge in [0.25, 0.3) is 5.91 Å². The maximum atomic E-state index is 12.8. The van der Waals surface area contributed by atoms with Crippen molar-refractivity contribution in [3.63, 3.8) is 0 Å². The van der Waals surface area contributed by atoms with Crippen LogP contribution in [0.3, 0.4) is 0 Å². The summed E-state index contributed by atoms with van der Waals surface area (Å²) in [5.41, 5.74) is 1.15. The Morgan fingerprint density at radius 3 is 2.64 bits per heavy atom. The lowest BCUT2D eigenvalue weighted by Gasteiger charge is -2.32. The van der Waals surface area contributed by atoms with Crippen LogP contribution in [0.25, 0.3) is 10.9 Å². The van der Waals surface area contributed by atoms with Gasteiger partial charge in [-0.15, -0.1) is 0 Å². The zero-order valence-electron chi connectivity index (χ0n) is 15.3. The van der Waals surface area contributed by atoms with E-state index in [-0.39, 0.29) is 25.0 Å². The molecule has 1 atom stereocenters. The van der Waals surface area contributed by atoms with Crippen molar-refractivity contribution >= 4 is 56.1 Å². The zero-order chi connectivity index (χ0) is 20.6. The summed E-state index contributed by atoms with van der Waals surface area (Å²) < 4.78 is 29.2. The topological polar surface area (TPSA) is 101 Å². The molecule has 1 saturated heterocycles. The van der Waals surface area contributed by atoms with Crippen molar-refractivity contribution in [2.24, 2.45) is 7.05 Å². The van der Waals surface area contributed by atoms with Crippen molar-refractivity contribution in [1.82, 2.24) is 18.9 Å². The fraction of sp³-hybridized carbons (Fsp3) is 0.412. The van der Waals surface area contributed by atoms with E-state index in [9.17, 15) is 18.0 Å². The molecule has 3 rings (SSSR count). The Morgan fingerprint density at radius 1 is 1.25 bits per heavy atom. The van der Waals surface area contributed by atoms with E-state index in [4.69, 9.17) is 23.2 Å². The quantitative estimate of drug-likeness (QED) is 0.750. The number of nitrogens with one attached hydrogen (secondary N) is 2. The number of hydrogen-bond acceptors (Lipinski definition) is 4. The first-order valence-electron chi connectivity index (χ1n) is 8.63. The fourth-order valence-electron chi connectivity index (χ4n) is 3.35. The molecule has 0 aliphatic carbocycles. The van der Waals surface area contributed by atoms with E-state index in [0.29, 0.717) is 34.0 Å². The summed E-state index contributed by atoms with van der Waals surface area (Å²) in [5.74, 6) is -0.994. The van der Waals surface area contributed by atoms with Crippen molar-refractivity contribution < 1.29 is 18.0 Å². The number of piperidine rings is 1. The van der Waals surface area contributed by atoms with E-state index < -0.39 is 16.1 Å². The number of rotatable bonds is 4. The van der Waals surface area contributed by atoms with Crippen LogP contribution >= 0.6 is 23.2 Å². The Labute approximate surface area is 172 Å². The van der Waals surface area contributed by atoms with Crippen molar-refractivity contribution in [3.8, 4) is 0 Å². The molecular weight excluding hydrogens is 427 g/mol. The molecule has 1 aromatic carbocycles. The van der Waals surface area contributed by atoms with Crippen molar-refractivity contribution in [2.45, 2.75) is 25.8 Å². The van der Waals surface area contributed by atoms with Gasteiger partial charge in [0.1, 0.15) is 5.69 Å². The largest absolute Gasteiger partial charge is 0.347 e. The smallest absolute Gasteiger partial charge is 0.303 e. The second-order valence-corrected chi connectivity index (χ2v) is 9.17. The van der Waals surface area contributed by atoms with Gasteiger partial charge in [0.15, 0.2) is 0 Å². The minimum absolute atomic E-state index is 0.0882. The van der Waals surface area contributed by atoms with Gasteiger partial charge in [0.2, 0.25) is 5.91 Å². The van der Waals surface area contributed by atoms with Gasteiger partial charge in [-0.05, 0) is 31.0 Å². The van der Waals surface area contributed by atoms with Crippen LogP contribution in [0.2, 0.25) is 10.0 Å². The standard InChI is InChI=1S/C17H20Cl2N4O4S/c1-10(24)21-28(26,27)23-7-3-4-11(9-23)20-17(25)15-8-12-14(22(15)2)6-5-13(18)16(12)19/h5-6,8,11H,3-4,7,9H2,1-2H3,(H,20,25)(H,21,24). The summed E-state index contributed by atoms with van der Waals surface area (Å²) in [6, 6.07) is 4.73. The van der Waals surface area contributed by atoms with Gasteiger partial charge in [0, 0.05) is 44.0 Å². The molecule has 1 aliphatic heterocycles. The number of amides is 2. The van der Waals surface area contributed by atoms with Gasteiger partial charge in [-0.3, -0.25) is 9.59 Å². The predicted molar refractivity (Wildman–Crippen MR) is 108 cm³/mol. The second kappa shape index (κ2) is 7.90. The maximum absolute atomic E-state index is 12.8. The predicted octanol–water partition coefficient (Wildman–Crippen LogP) is 2.06. The number of carbonyl (C=O) groups is 2. The highest BCUT2D eigenvalue weighted by Crippen LogP contribution is 2.32. The summed E-state index contributed by atoms with van der Waals surface area (Å²) in [5, 5.41) is 4.31. The molecule has 0 radical (unpaired) electrons. The number of aryl methyl sites for hydroxylation is 1. The molecule has 0 bridgehead atoms. The van der Waals surface area contributed by atoms with E-state index in [1.54, 1.807) is 29.8 Å². The van der Waals surface area contributed by atoms with E-state index in [0.717, 1.165) is 12.4 Å². The van der Waals surface area contributed by atoms with Crippen LogP contribution in [0, 0.1) is 0 Å². The second-order valence-electron chi connectivity index (χ2n) is 6.72. The highest BCUT2D eigenvalue weighted by atomic mass is 35.5. The average molecular weight is 447 g/mol. The van der Waals surface area contributed by atoms with Gasteiger partial charge < -0.3 is 9.88 Å². The summed E-state index contributed by atoms with van der Waals surface area (Å²) in [6.45, 7) is 1.51. The van der Waals surface area contributed by atoms with Crippen LogP contribution in [0.15, 0.2) is 18.2 Å². The van der Waals surface area contributed by atoms with Gasteiger partial charge in [-0.2, -0.15) is 12.7 Å². The van der Waals surface area contributed by atoms with E-state index in [1.165, 1.54) is 4.31 Å². The summed E-state index contributed by atoms with van der Waals surface area (Å²) in [6.07, 6.45) is 1.20. The fourth-order valence-corrected chi connectivity index (χ4v) is 4.97. The lowest BCUT2D eigenvalue weighted by molar-refractivity contribution is -0.117. The molecule has 2 N–H and O–H groups in total. The zero-order valence-corrected chi connectivity index (χ0v) is 17.7. The molecule has 1 fully saturated rings. The molecule has 28 heavy (non-hydrogen) atoms. The number of benzene rings is 1. The van der Waals surface area contributed by atoms with Gasteiger partial charge in [0.05, 0.1) is 10.0 Å². The monoisotopic (exact) mass is 446 g/mol. The number of hydrogen-bond donors (Lipinski definition) is 2. The minimum atomic E-state index is -3.91. The van der Waals surface area contributed by atoms with Crippen molar-refractivity contribution in [1.29, 1.82) is 0 Å². The molecule has 2 amide bonds. The van der Waals surface area contributed by atoms with Crippen LogP contribution in [-0.2, 0) is 22.1 Å². The van der Waals surface area contributed by atoms with Gasteiger partial charge in [-0.25, -0.2) is 4.72 Å². The molecule has 8 nitrogen and oxygen atoms in total. The van der Waals surface area contributed by atoms with Crippen molar-refractivity contribution in [2.75, 3.05) is 13.1 Å². The van der Waals surface area contributed by atoms with E-state index in [1.807, 2.05) is 4.72 Å². The third-order valence-electron chi connectivity index (χ3n) is 4.68. The first-order chi connectivity index (χ1) is 13.1. The van der Waals surface area contributed by atoms with Crippen molar-refractivity contribution in [3.05, 3.63) is 33.9 Å². The highest BCUT2D eigenvalue weighted by Gasteiger charge is 2.30. The number of halogens is 2. The molecule has 1 aromatic heterocycles. The number of nitrogens with zero attached hydrogens (tertiary/aromatic N) is 2. The summed E-state index contributed by atoms with van der Waals surface area (Å²) >= 11 is 12.3. The minimum Gasteiger partial charge on any atom is -0.347 e. The Hall–Kier alpha value is -1.81. The molecule has 1 unspecified atom stereocenters. The Kier molecular flexibility index (Phi) is 5.90. The Morgan fingerprint density at radius 2 is 1.96 bits per heavy atom. The van der Waals surface area contributed by atoms with Crippen LogP contribution in [0.1, 0.15) is 30.3 Å². The van der Waals surface area contributed by atoms with Gasteiger partial charge in [-0.1, -0.05) is 23.2 Å². The molecular formula is C17H20Cl2N4O4S. The molecule has 2 aromatic rings. The van der Waals surface area contributed by atoms with Crippen LogP contribution in [0.5, 0.6) is 0 Å². The van der Waals surface area contributed by atoms with Crippen LogP contribution in [-0.4, -0.2) is 48.2 Å². The number of carbonyl (C=O) groups excluding carboxylic acids is 2. The normalized spacial score (nSPS) is 18.2. The van der Waals surface area contributed by atoms with E-state index in [2.05, 4.69) is 5.32 Å². The lowest BCUT2D eigenvalue weighted by atomic mass is 10.1. The maximum Gasteiger partial charge on any atom is 0.303 e. The molecule has 11 heteroatoms. The SMILES string of the molecule is CC(=O)NS(=O)(=O)N1CCCC(NC(=O)c2cc3c(Cl)c(Cl)ccc3n2C)C1. The van der Waals surface area contributed by atoms with Gasteiger partial charge >= 0.3 is 10.2 Å². The average Bonchev–Trinajstić information content (AvgIpc) is 2.95. The molecule has 152 valence electrons. The first-order valence-corrected chi connectivity index (χ1v) is 10.8. The van der Waals surface area contributed by atoms with Crippen LogP contribution < -0.4 is 10.0 Å². The highest BCUT2D eigenvalue weighted by molar-refractivity contribution is 7.87. The number of aromatic nitrogens is 1. The lowest BCUT2D eigenvalue weighted by Crippen LogP contribution is -2.53. The summed E-state index contributed by atoms with van der Waals surface area (Å²) in [4.78, 5) is 23.9. The van der Waals surface area contributed by atoms with E-state index >= 15 is 0 Å².